The lowest BCUT2D eigenvalue weighted by atomic mass is 9.94. The third-order valence-corrected chi connectivity index (χ3v) is 8.79. The van der Waals surface area contributed by atoms with Gasteiger partial charge in [-0.1, -0.05) is 47.0 Å². The number of halogens is 2. The Labute approximate surface area is 210 Å². The number of amides is 2. The first-order valence-electron chi connectivity index (χ1n) is 10.9. The Morgan fingerprint density at radius 3 is 2.38 bits per heavy atom. The molecule has 11 heteroatoms. The van der Waals surface area contributed by atoms with Gasteiger partial charge in [-0.05, 0) is 61.4 Å². The zero-order valence-electron chi connectivity index (χ0n) is 18.1. The van der Waals surface area contributed by atoms with Crippen LogP contribution in [0.1, 0.15) is 38.5 Å². The SMILES string of the molecule is O=C(CC1SC(=NS(=O)(=O)c2ccc(Br)cc2)N(C2CCCCC2)C1=O)Nc1ccc(F)cc1. The molecule has 7 nitrogen and oxygen atoms in total. The van der Waals surface area contributed by atoms with Gasteiger partial charge in [0.15, 0.2) is 5.17 Å². The van der Waals surface area contributed by atoms with Crippen LogP contribution in [0.25, 0.3) is 0 Å². The highest BCUT2D eigenvalue weighted by molar-refractivity contribution is 9.10. The van der Waals surface area contributed by atoms with Crippen LogP contribution in [0.5, 0.6) is 0 Å². The number of thioether (sulfide) groups is 1. The number of anilines is 1. The number of hydrogen-bond acceptors (Lipinski definition) is 5. The molecule has 1 saturated carbocycles. The van der Waals surface area contributed by atoms with Crippen LogP contribution < -0.4 is 5.32 Å². The number of carbonyl (C=O) groups is 2. The smallest absolute Gasteiger partial charge is 0.284 e. The van der Waals surface area contributed by atoms with E-state index < -0.39 is 27.0 Å². The lowest BCUT2D eigenvalue weighted by Gasteiger charge is -2.30. The van der Waals surface area contributed by atoms with Crippen LogP contribution in [0.3, 0.4) is 0 Å². The molecule has 1 aliphatic carbocycles. The van der Waals surface area contributed by atoms with Crippen molar-refractivity contribution in [1.29, 1.82) is 0 Å². The zero-order chi connectivity index (χ0) is 24.3. The highest BCUT2D eigenvalue weighted by Gasteiger charge is 2.43. The highest BCUT2D eigenvalue weighted by Crippen LogP contribution is 2.36. The predicted molar refractivity (Wildman–Crippen MR) is 134 cm³/mol. The summed E-state index contributed by atoms with van der Waals surface area (Å²) in [6.07, 6.45) is 4.33. The Hall–Kier alpha value is -2.24. The molecule has 180 valence electrons. The molecule has 1 unspecified atom stereocenters. The lowest BCUT2D eigenvalue weighted by molar-refractivity contribution is -0.130. The number of hydrogen-bond donors (Lipinski definition) is 1. The van der Waals surface area contributed by atoms with Gasteiger partial charge < -0.3 is 5.32 Å². The Balaban J connectivity index is 1.57. The normalized spacial score (nSPS) is 20.6. The van der Waals surface area contributed by atoms with Gasteiger partial charge in [0.25, 0.3) is 10.0 Å². The molecule has 2 fully saturated rings. The quantitative estimate of drug-likeness (QED) is 0.533. The molecular formula is C23H23BrFN3O4S2. The standard InChI is InChI=1S/C23H23BrFN3O4S2/c24-15-6-12-19(13-7-15)34(31,32)27-23-28(18-4-2-1-3-5-18)22(30)20(33-23)14-21(29)26-17-10-8-16(25)9-11-17/h6-13,18,20H,1-5,14H2,(H,26,29). The second-order valence-corrected chi connectivity index (χ2v) is 11.9. The maximum atomic E-state index is 13.3. The fraction of sp³-hybridized carbons (Fsp3) is 0.348. The molecule has 1 aliphatic heterocycles. The van der Waals surface area contributed by atoms with Gasteiger partial charge in [0.1, 0.15) is 11.1 Å². The predicted octanol–water partition coefficient (Wildman–Crippen LogP) is 4.94. The average Bonchev–Trinajstić information content (AvgIpc) is 3.10. The summed E-state index contributed by atoms with van der Waals surface area (Å²) < 4.78 is 43.8. The summed E-state index contributed by atoms with van der Waals surface area (Å²) in [7, 11) is -4.04. The van der Waals surface area contributed by atoms with E-state index in [-0.39, 0.29) is 28.4 Å². The summed E-state index contributed by atoms with van der Waals surface area (Å²) in [5.74, 6) is -1.15. The number of nitrogens with zero attached hydrogens (tertiary/aromatic N) is 2. The van der Waals surface area contributed by atoms with Crippen molar-refractivity contribution in [3.8, 4) is 0 Å². The summed E-state index contributed by atoms with van der Waals surface area (Å²) in [4.78, 5) is 27.4. The maximum absolute atomic E-state index is 13.3. The number of rotatable bonds is 6. The first-order chi connectivity index (χ1) is 16.2. The molecule has 1 atom stereocenters. The Morgan fingerprint density at radius 2 is 1.74 bits per heavy atom. The molecule has 0 radical (unpaired) electrons. The van der Waals surface area contributed by atoms with Crippen molar-refractivity contribution >= 4 is 60.4 Å². The summed E-state index contributed by atoms with van der Waals surface area (Å²) in [5.41, 5.74) is 0.415. The molecule has 2 amide bonds. The van der Waals surface area contributed by atoms with Crippen LogP contribution in [0, 0.1) is 5.82 Å². The topological polar surface area (TPSA) is 95.9 Å². The number of amidine groups is 1. The maximum Gasteiger partial charge on any atom is 0.284 e. The fourth-order valence-electron chi connectivity index (χ4n) is 4.03. The molecule has 2 aromatic carbocycles. The Morgan fingerprint density at radius 1 is 1.09 bits per heavy atom. The van der Waals surface area contributed by atoms with E-state index in [0.29, 0.717) is 5.69 Å². The van der Waals surface area contributed by atoms with Crippen LogP contribution in [-0.2, 0) is 19.6 Å². The van der Waals surface area contributed by atoms with E-state index in [0.717, 1.165) is 48.3 Å². The molecule has 2 aliphatic rings. The second-order valence-electron chi connectivity index (χ2n) is 8.17. The summed E-state index contributed by atoms with van der Waals surface area (Å²) in [6.45, 7) is 0. The van der Waals surface area contributed by atoms with E-state index in [9.17, 15) is 22.4 Å². The number of nitrogens with one attached hydrogen (secondary N) is 1. The molecule has 1 saturated heterocycles. The number of carbonyl (C=O) groups excluding carboxylic acids is 2. The fourth-order valence-corrected chi connectivity index (χ4v) is 6.70. The third-order valence-electron chi connectivity index (χ3n) is 5.72. The molecule has 0 spiro atoms. The molecule has 34 heavy (non-hydrogen) atoms. The Kier molecular flexibility index (Phi) is 7.73. The highest BCUT2D eigenvalue weighted by atomic mass is 79.9. The van der Waals surface area contributed by atoms with E-state index in [2.05, 4.69) is 25.6 Å². The molecule has 0 aromatic heterocycles. The van der Waals surface area contributed by atoms with Gasteiger partial charge in [-0.25, -0.2) is 4.39 Å². The number of benzene rings is 2. The summed E-state index contributed by atoms with van der Waals surface area (Å²) in [5, 5.41) is 1.97. The second kappa shape index (κ2) is 10.6. The van der Waals surface area contributed by atoms with Crippen molar-refractivity contribution in [3.05, 3.63) is 58.8 Å². The third kappa shape index (κ3) is 5.87. The van der Waals surface area contributed by atoms with Crippen LogP contribution in [-0.4, -0.2) is 41.6 Å². The van der Waals surface area contributed by atoms with Crippen LogP contribution in [0.4, 0.5) is 10.1 Å². The first-order valence-corrected chi connectivity index (χ1v) is 14.0. The molecular weight excluding hydrogens is 545 g/mol. The number of sulfonamides is 1. The zero-order valence-corrected chi connectivity index (χ0v) is 21.3. The van der Waals surface area contributed by atoms with E-state index in [1.165, 1.54) is 41.3 Å². The Bertz CT molecular complexity index is 1200. The monoisotopic (exact) mass is 567 g/mol. The van der Waals surface area contributed by atoms with Crippen molar-refractivity contribution in [3.63, 3.8) is 0 Å². The van der Waals surface area contributed by atoms with Crippen LogP contribution >= 0.6 is 27.7 Å². The van der Waals surface area contributed by atoms with Crippen molar-refractivity contribution in [2.24, 2.45) is 4.40 Å². The van der Waals surface area contributed by atoms with E-state index >= 15 is 0 Å². The minimum Gasteiger partial charge on any atom is -0.326 e. The molecule has 0 bridgehead atoms. The molecule has 2 aromatic rings. The van der Waals surface area contributed by atoms with Gasteiger partial charge in [0.2, 0.25) is 11.8 Å². The van der Waals surface area contributed by atoms with Gasteiger partial charge in [-0.3, -0.25) is 14.5 Å². The van der Waals surface area contributed by atoms with Crippen molar-refractivity contribution in [2.45, 2.75) is 54.7 Å². The van der Waals surface area contributed by atoms with Gasteiger partial charge in [0.05, 0.1) is 4.90 Å². The first kappa shape index (κ1) is 24.9. The van der Waals surface area contributed by atoms with Gasteiger partial charge in [-0.15, -0.1) is 4.40 Å². The summed E-state index contributed by atoms with van der Waals surface area (Å²) in [6, 6.07) is 11.3. The van der Waals surface area contributed by atoms with Crippen molar-refractivity contribution < 1.29 is 22.4 Å². The van der Waals surface area contributed by atoms with E-state index in [4.69, 9.17) is 0 Å². The van der Waals surface area contributed by atoms with Gasteiger partial charge >= 0.3 is 0 Å². The average molecular weight is 568 g/mol. The molecule has 4 rings (SSSR count). The minimum absolute atomic E-state index is 0.0253. The van der Waals surface area contributed by atoms with E-state index in [1.54, 1.807) is 12.1 Å². The molecule has 1 N–H and O–H groups in total. The van der Waals surface area contributed by atoms with E-state index in [1.807, 2.05) is 0 Å². The van der Waals surface area contributed by atoms with Crippen LogP contribution in [0.15, 0.2) is 62.3 Å². The lowest BCUT2D eigenvalue weighted by Crippen LogP contribution is -2.42. The summed E-state index contributed by atoms with van der Waals surface area (Å²) >= 11 is 4.29. The molecule has 1 heterocycles. The van der Waals surface area contributed by atoms with Crippen molar-refractivity contribution in [2.75, 3.05) is 5.32 Å². The van der Waals surface area contributed by atoms with Crippen LogP contribution in [0.2, 0.25) is 0 Å². The largest absolute Gasteiger partial charge is 0.326 e. The van der Waals surface area contributed by atoms with Gasteiger partial charge in [0, 0.05) is 22.6 Å². The van der Waals surface area contributed by atoms with Gasteiger partial charge in [-0.2, -0.15) is 8.42 Å². The van der Waals surface area contributed by atoms with Crippen molar-refractivity contribution in [1.82, 2.24) is 4.90 Å². The minimum atomic E-state index is -4.04.